The van der Waals surface area contributed by atoms with Crippen LogP contribution in [0.15, 0.2) is 0 Å². The molecule has 0 saturated carbocycles. The first-order valence-corrected chi connectivity index (χ1v) is 6.14. The number of amides is 1. The fourth-order valence-electron chi connectivity index (χ4n) is 2.71. The normalized spacial score (nSPS) is 30.1. The van der Waals surface area contributed by atoms with Crippen molar-refractivity contribution in [1.82, 2.24) is 10.2 Å². The number of likely N-dealkylation sites (tertiary alicyclic amines) is 1. The van der Waals surface area contributed by atoms with Crippen LogP contribution in [0, 0.1) is 0 Å². The topological polar surface area (TPSA) is 41.6 Å². The molecule has 0 bridgehead atoms. The van der Waals surface area contributed by atoms with Gasteiger partial charge in [-0.1, -0.05) is 0 Å². The van der Waals surface area contributed by atoms with Crippen LogP contribution in [0.4, 0.5) is 4.79 Å². The molecule has 2 saturated heterocycles. The number of ether oxygens (including phenoxy) is 1. The summed E-state index contributed by atoms with van der Waals surface area (Å²) < 4.78 is 5.47. The Labute approximate surface area is 97.3 Å². The molecule has 4 heteroatoms. The first-order valence-electron chi connectivity index (χ1n) is 6.14. The van der Waals surface area contributed by atoms with Crippen molar-refractivity contribution in [2.75, 3.05) is 19.6 Å². The molecule has 92 valence electrons. The van der Waals surface area contributed by atoms with Crippen molar-refractivity contribution in [3.63, 3.8) is 0 Å². The summed E-state index contributed by atoms with van der Waals surface area (Å²) in [6.07, 6.45) is 3.13. The third kappa shape index (κ3) is 2.17. The number of carbonyl (C=O) groups excluding carboxylic acids is 1. The van der Waals surface area contributed by atoms with Gasteiger partial charge in [-0.05, 0) is 46.6 Å². The van der Waals surface area contributed by atoms with E-state index < -0.39 is 5.60 Å². The minimum atomic E-state index is -0.396. The summed E-state index contributed by atoms with van der Waals surface area (Å²) >= 11 is 0. The average molecular weight is 226 g/mol. The van der Waals surface area contributed by atoms with E-state index in [-0.39, 0.29) is 11.6 Å². The third-order valence-corrected chi connectivity index (χ3v) is 3.43. The van der Waals surface area contributed by atoms with Crippen LogP contribution in [0.2, 0.25) is 0 Å². The molecule has 4 nitrogen and oxygen atoms in total. The molecule has 1 amide bonds. The SMILES string of the molecule is CC(C)(C)OC(=O)N1CCC[C@@]12CCNC2. The number of hydrogen-bond acceptors (Lipinski definition) is 3. The molecular formula is C12H22N2O2. The van der Waals surface area contributed by atoms with Crippen LogP contribution in [-0.4, -0.2) is 41.8 Å². The molecule has 0 radical (unpaired) electrons. The molecule has 0 aromatic carbocycles. The molecule has 0 aromatic heterocycles. The van der Waals surface area contributed by atoms with Crippen LogP contribution in [-0.2, 0) is 4.74 Å². The Morgan fingerprint density at radius 3 is 2.69 bits per heavy atom. The van der Waals surface area contributed by atoms with Gasteiger partial charge >= 0.3 is 6.09 Å². The van der Waals surface area contributed by atoms with E-state index >= 15 is 0 Å². The van der Waals surface area contributed by atoms with Gasteiger partial charge in [-0.3, -0.25) is 0 Å². The van der Waals surface area contributed by atoms with E-state index in [9.17, 15) is 4.79 Å². The molecule has 1 atom stereocenters. The molecule has 2 fully saturated rings. The van der Waals surface area contributed by atoms with E-state index in [1.165, 1.54) is 0 Å². The minimum Gasteiger partial charge on any atom is -0.444 e. The Morgan fingerprint density at radius 2 is 2.12 bits per heavy atom. The predicted molar refractivity (Wildman–Crippen MR) is 62.4 cm³/mol. The zero-order chi connectivity index (χ0) is 11.8. The Bertz CT molecular complexity index is 272. The summed E-state index contributed by atoms with van der Waals surface area (Å²) in [5.74, 6) is 0. The first kappa shape index (κ1) is 11.7. The minimum absolute atomic E-state index is 0.0440. The maximum atomic E-state index is 12.1. The fraction of sp³-hybridized carbons (Fsp3) is 0.917. The molecule has 16 heavy (non-hydrogen) atoms. The molecule has 2 heterocycles. The second kappa shape index (κ2) is 3.91. The molecule has 0 unspecified atom stereocenters. The Morgan fingerprint density at radius 1 is 1.38 bits per heavy atom. The summed E-state index contributed by atoms with van der Waals surface area (Å²) in [6.45, 7) is 8.53. The van der Waals surface area contributed by atoms with Gasteiger partial charge in [0.25, 0.3) is 0 Å². The number of carbonyl (C=O) groups is 1. The molecule has 2 rings (SSSR count). The van der Waals surface area contributed by atoms with Crippen LogP contribution >= 0.6 is 0 Å². The number of nitrogens with zero attached hydrogens (tertiary/aromatic N) is 1. The highest BCUT2D eigenvalue weighted by atomic mass is 16.6. The summed E-state index contributed by atoms with van der Waals surface area (Å²) in [7, 11) is 0. The van der Waals surface area contributed by atoms with Crippen molar-refractivity contribution in [2.24, 2.45) is 0 Å². The summed E-state index contributed by atoms with van der Waals surface area (Å²) in [4.78, 5) is 14.0. The van der Waals surface area contributed by atoms with Crippen LogP contribution in [0.25, 0.3) is 0 Å². The van der Waals surface area contributed by atoms with Gasteiger partial charge in [0.2, 0.25) is 0 Å². The highest BCUT2D eigenvalue weighted by molar-refractivity contribution is 5.70. The molecule has 0 aromatic rings. The zero-order valence-corrected chi connectivity index (χ0v) is 10.5. The molecular weight excluding hydrogens is 204 g/mol. The Kier molecular flexibility index (Phi) is 2.86. The lowest BCUT2D eigenvalue weighted by atomic mass is 9.95. The lowest BCUT2D eigenvalue weighted by Crippen LogP contribution is -2.50. The Balaban J connectivity index is 2.05. The van der Waals surface area contributed by atoms with Crippen molar-refractivity contribution in [1.29, 1.82) is 0 Å². The van der Waals surface area contributed by atoms with Crippen molar-refractivity contribution >= 4 is 6.09 Å². The summed E-state index contributed by atoms with van der Waals surface area (Å²) in [6, 6.07) is 0. The van der Waals surface area contributed by atoms with Crippen LogP contribution in [0.1, 0.15) is 40.0 Å². The van der Waals surface area contributed by atoms with Gasteiger partial charge in [0.05, 0.1) is 5.54 Å². The van der Waals surface area contributed by atoms with E-state index in [1.807, 2.05) is 25.7 Å². The smallest absolute Gasteiger partial charge is 0.410 e. The Hall–Kier alpha value is -0.770. The van der Waals surface area contributed by atoms with Gasteiger partial charge in [0.1, 0.15) is 5.60 Å². The second-order valence-corrected chi connectivity index (χ2v) is 5.89. The number of hydrogen-bond donors (Lipinski definition) is 1. The van der Waals surface area contributed by atoms with Crippen molar-refractivity contribution in [2.45, 2.75) is 51.2 Å². The molecule has 1 spiro atoms. The third-order valence-electron chi connectivity index (χ3n) is 3.43. The maximum Gasteiger partial charge on any atom is 0.410 e. The van der Waals surface area contributed by atoms with Gasteiger partial charge in [0.15, 0.2) is 0 Å². The highest BCUT2D eigenvalue weighted by Crippen LogP contribution is 2.35. The number of nitrogens with one attached hydrogen (secondary N) is 1. The molecule has 2 aliphatic rings. The maximum absolute atomic E-state index is 12.1. The first-order chi connectivity index (χ1) is 7.43. The van der Waals surface area contributed by atoms with Crippen molar-refractivity contribution < 1.29 is 9.53 Å². The monoisotopic (exact) mass is 226 g/mol. The summed E-state index contributed by atoms with van der Waals surface area (Å²) in [5, 5.41) is 3.35. The van der Waals surface area contributed by atoms with Crippen molar-refractivity contribution in [3.8, 4) is 0 Å². The van der Waals surface area contributed by atoms with Gasteiger partial charge in [-0.25, -0.2) is 4.79 Å². The van der Waals surface area contributed by atoms with E-state index in [2.05, 4.69) is 5.32 Å². The van der Waals surface area contributed by atoms with Gasteiger partial charge in [-0.15, -0.1) is 0 Å². The predicted octanol–water partition coefficient (Wildman–Crippen LogP) is 1.75. The number of rotatable bonds is 0. The van der Waals surface area contributed by atoms with E-state index in [0.29, 0.717) is 0 Å². The molecule has 2 aliphatic heterocycles. The van der Waals surface area contributed by atoms with Crippen LogP contribution in [0.5, 0.6) is 0 Å². The highest BCUT2D eigenvalue weighted by Gasteiger charge is 2.46. The van der Waals surface area contributed by atoms with E-state index in [1.54, 1.807) is 0 Å². The quantitative estimate of drug-likeness (QED) is 0.684. The van der Waals surface area contributed by atoms with Gasteiger partial charge in [-0.2, -0.15) is 0 Å². The van der Waals surface area contributed by atoms with E-state index in [0.717, 1.165) is 38.9 Å². The molecule has 1 N–H and O–H groups in total. The molecule has 0 aliphatic carbocycles. The van der Waals surface area contributed by atoms with Crippen LogP contribution < -0.4 is 5.32 Å². The lowest BCUT2D eigenvalue weighted by molar-refractivity contribution is 0.0109. The van der Waals surface area contributed by atoms with Crippen LogP contribution in [0.3, 0.4) is 0 Å². The largest absolute Gasteiger partial charge is 0.444 e. The standard InChI is InChI=1S/C12H22N2O2/c1-11(2,3)16-10(15)14-8-4-5-12(14)6-7-13-9-12/h13H,4-9H2,1-3H3/t12-/m0/s1. The lowest BCUT2D eigenvalue weighted by Gasteiger charge is -2.35. The zero-order valence-electron chi connectivity index (χ0n) is 10.5. The fourth-order valence-corrected chi connectivity index (χ4v) is 2.71. The van der Waals surface area contributed by atoms with E-state index in [4.69, 9.17) is 4.74 Å². The van der Waals surface area contributed by atoms with Gasteiger partial charge in [0, 0.05) is 13.1 Å². The van der Waals surface area contributed by atoms with Gasteiger partial charge < -0.3 is 15.0 Å². The average Bonchev–Trinajstić information content (AvgIpc) is 2.74. The second-order valence-electron chi connectivity index (χ2n) is 5.89. The summed E-state index contributed by atoms with van der Waals surface area (Å²) in [5.41, 5.74) is -0.352. The van der Waals surface area contributed by atoms with Crippen molar-refractivity contribution in [3.05, 3.63) is 0 Å².